The highest BCUT2D eigenvalue weighted by atomic mass is 32.1. The van der Waals surface area contributed by atoms with Crippen LogP contribution < -0.4 is 5.32 Å². The summed E-state index contributed by atoms with van der Waals surface area (Å²) in [7, 11) is 0. The minimum absolute atomic E-state index is 0.0492. The van der Waals surface area contributed by atoms with Crippen molar-refractivity contribution in [1.29, 1.82) is 0 Å². The monoisotopic (exact) mass is 352 g/mol. The molecule has 0 bridgehead atoms. The summed E-state index contributed by atoms with van der Waals surface area (Å²) >= 11 is 3.98. The van der Waals surface area contributed by atoms with E-state index in [4.69, 9.17) is 0 Å². The Morgan fingerprint density at radius 3 is 2.29 bits per heavy atom. The standard InChI is InChI=1S/C18H28N2O3S/c1-4-6-20(7-5-2)18(23)15-9-13(3)8-14(10-15)17(22)19-11-16(21)12-24/h8-10,16,21,24H,4-7,11-12H2,1-3H3,(H,19,22)/t16-/m1/s1. The van der Waals surface area contributed by atoms with Gasteiger partial charge in [-0.25, -0.2) is 0 Å². The summed E-state index contributed by atoms with van der Waals surface area (Å²) in [5.74, 6) is -0.0705. The molecular formula is C18H28N2O3S. The van der Waals surface area contributed by atoms with Gasteiger partial charge in [-0.2, -0.15) is 12.6 Å². The summed E-state index contributed by atoms with van der Waals surface area (Å²) in [6.07, 6.45) is 1.10. The smallest absolute Gasteiger partial charge is 0.253 e. The first-order valence-corrected chi connectivity index (χ1v) is 9.04. The Morgan fingerprint density at radius 2 is 1.75 bits per heavy atom. The van der Waals surface area contributed by atoms with Crippen LogP contribution in [-0.2, 0) is 0 Å². The highest BCUT2D eigenvalue weighted by Gasteiger charge is 2.17. The second kappa shape index (κ2) is 10.4. The van der Waals surface area contributed by atoms with Gasteiger partial charge in [-0.05, 0) is 43.5 Å². The van der Waals surface area contributed by atoms with Crippen LogP contribution in [0.5, 0.6) is 0 Å². The molecule has 0 aliphatic carbocycles. The van der Waals surface area contributed by atoms with Gasteiger partial charge in [-0.15, -0.1) is 0 Å². The Labute approximate surface area is 149 Å². The van der Waals surface area contributed by atoms with Crippen molar-refractivity contribution in [2.24, 2.45) is 0 Å². The third-order valence-corrected chi connectivity index (χ3v) is 3.99. The van der Waals surface area contributed by atoms with Gasteiger partial charge in [-0.3, -0.25) is 9.59 Å². The lowest BCUT2D eigenvalue weighted by Gasteiger charge is -2.22. The van der Waals surface area contributed by atoms with Crippen molar-refractivity contribution in [1.82, 2.24) is 10.2 Å². The van der Waals surface area contributed by atoms with Gasteiger partial charge in [0.25, 0.3) is 11.8 Å². The van der Waals surface area contributed by atoms with E-state index in [0.717, 1.165) is 18.4 Å². The first kappa shape index (κ1) is 20.5. The molecule has 1 atom stereocenters. The van der Waals surface area contributed by atoms with E-state index in [1.807, 2.05) is 25.7 Å². The molecule has 0 fully saturated rings. The minimum Gasteiger partial charge on any atom is -0.390 e. The van der Waals surface area contributed by atoms with Crippen molar-refractivity contribution in [3.8, 4) is 0 Å². The molecule has 0 aliphatic rings. The molecular weight excluding hydrogens is 324 g/mol. The van der Waals surface area contributed by atoms with E-state index < -0.39 is 6.10 Å². The summed E-state index contributed by atoms with van der Waals surface area (Å²) in [5, 5.41) is 12.1. The molecule has 0 aliphatic heterocycles. The molecule has 24 heavy (non-hydrogen) atoms. The Hall–Kier alpha value is -1.53. The average molecular weight is 353 g/mol. The fraction of sp³-hybridized carbons (Fsp3) is 0.556. The van der Waals surface area contributed by atoms with Crippen molar-refractivity contribution in [2.75, 3.05) is 25.4 Å². The predicted octanol–water partition coefficient (Wildman–Crippen LogP) is 2.28. The fourth-order valence-corrected chi connectivity index (χ4v) is 2.58. The van der Waals surface area contributed by atoms with Crippen LogP contribution in [0.25, 0.3) is 0 Å². The summed E-state index contributed by atoms with van der Waals surface area (Å²) < 4.78 is 0. The largest absolute Gasteiger partial charge is 0.390 e. The lowest BCUT2D eigenvalue weighted by Crippen LogP contribution is -2.34. The van der Waals surface area contributed by atoms with Crippen molar-refractivity contribution in [3.63, 3.8) is 0 Å². The highest BCUT2D eigenvalue weighted by molar-refractivity contribution is 7.80. The lowest BCUT2D eigenvalue weighted by atomic mass is 10.0. The van der Waals surface area contributed by atoms with E-state index in [1.54, 1.807) is 18.2 Å². The molecule has 0 radical (unpaired) electrons. The van der Waals surface area contributed by atoms with Gasteiger partial charge >= 0.3 is 0 Å². The number of hydrogen-bond acceptors (Lipinski definition) is 4. The second-order valence-corrected chi connectivity index (χ2v) is 6.29. The molecule has 2 N–H and O–H groups in total. The maximum atomic E-state index is 12.7. The summed E-state index contributed by atoms with van der Waals surface area (Å²) in [5.41, 5.74) is 1.81. The van der Waals surface area contributed by atoms with Crippen LogP contribution in [0.15, 0.2) is 18.2 Å². The minimum atomic E-state index is -0.687. The zero-order valence-electron chi connectivity index (χ0n) is 14.7. The van der Waals surface area contributed by atoms with Crippen LogP contribution >= 0.6 is 12.6 Å². The Balaban J connectivity index is 2.95. The maximum Gasteiger partial charge on any atom is 0.253 e. The van der Waals surface area contributed by atoms with Gasteiger partial charge in [-0.1, -0.05) is 13.8 Å². The Morgan fingerprint density at radius 1 is 1.17 bits per heavy atom. The molecule has 0 aromatic heterocycles. The van der Waals surface area contributed by atoms with Crippen LogP contribution in [0.2, 0.25) is 0 Å². The maximum absolute atomic E-state index is 12.7. The molecule has 0 spiro atoms. The van der Waals surface area contributed by atoms with Crippen LogP contribution in [-0.4, -0.2) is 53.3 Å². The number of aliphatic hydroxyl groups is 1. The number of aliphatic hydroxyl groups excluding tert-OH is 1. The molecule has 0 heterocycles. The molecule has 1 rings (SSSR count). The highest BCUT2D eigenvalue weighted by Crippen LogP contribution is 2.13. The third kappa shape index (κ3) is 6.17. The van der Waals surface area contributed by atoms with E-state index in [0.29, 0.717) is 24.2 Å². The van der Waals surface area contributed by atoms with E-state index >= 15 is 0 Å². The van der Waals surface area contributed by atoms with Gasteiger partial charge in [0, 0.05) is 36.5 Å². The molecule has 134 valence electrons. The number of benzene rings is 1. The van der Waals surface area contributed by atoms with E-state index in [9.17, 15) is 14.7 Å². The SMILES string of the molecule is CCCN(CCC)C(=O)c1cc(C)cc(C(=O)NC[C@@H](O)CS)c1. The molecule has 1 aromatic carbocycles. The molecule has 2 amide bonds. The zero-order valence-corrected chi connectivity index (χ0v) is 15.6. The molecule has 5 nitrogen and oxygen atoms in total. The molecule has 0 unspecified atom stereocenters. The third-order valence-electron chi connectivity index (χ3n) is 3.57. The first-order valence-electron chi connectivity index (χ1n) is 8.41. The fourth-order valence-electron chi connectivity index (χ4n) is 2.45. The van der Waals surface area contributed by atoms with Crippen LogP contribution in [0.3, 0.4) is 0 Å². The van der Waals surface area contributed by atoms with Gasteiger partial charge < -0.3 is 15.3 Å². The first-order chi connectivity index (χ1) is 11.4. The van der Waals surface area contributed by atoms with Crippen molar-refractivity contribution < 1.29 is 14.7 Å². The quantitative estimate of drug-likeness (QED) is 0.597. The van der Waals surface area contributed by atoms with Crippen molar-refractivity contribution in [2.45, 2.75) is 39.7 Å². The number of amides is 2. The van der Waals surface area contributed by atoms with Crippen LogP contribution in [0.4, 0.5) is 0 Å². The number of rotatable bonds is 9. The lowest BCUT2D eigenvalue weighted by molar-refractivity contribution is 0.0755. The van der Waals surface area contributed by atoms with Crippen LogP contribution in [0, 0.1) is 6.92 Å². The van der Waals surface area contributed by atoms with E-state index in [2.05, 4.69) is 17.9 Å². The number of nitrogens with one attached hydrogen (secondary N) is 1. The van der Waals surface area contributed by atoms with Gasteiger partial charge in [0.1, 0.15) is 0 Å². The van der Waals surface area contributed by atoms with Gasteiger partial charge in [0.15, 0.2) is 0 Å². The topological polar surface area (TPSA) is 69.6 Å². The summed E-state index contributed by atoms with van der Waals surface area (Å²) in [4.78, 5) is 26.8. The van der Waals surface area contributed by atoms with Crippen molar-refractivity contribution in [3.05, 3.63) is 34.9 Å². The number of aryl methyl sites for hydroxylation is 1. The number of carbonyl (C=O) groups is 2. The number of thiol groups is 1. The summed E-state index contributed by atoms with van der Waals surface area (Å²) in [6, 6.07) is 5.17. The van der Waals surface area contributed by atoms with Gasteiger partial charge in [0.2, 0.25) is 0 Å². The van der Waals surface area contributed by atoms with Crippen LogP contribution in [0.1, 0.15) is 53.0 Å². The molecule has 0 saturated heterocycles. The number of hydrogen-bond donors (Lipinski definition) is 3. The zero-order chi connectivity index (χ0) is 18.1. The van der Waals surface area contributed by atoms with Gasteiger partial charge in [0.05, 0.1) is 6.10 Å². The summed E-state index contributed by atoms with van der Waals surface area (Å²) in [6.45, 7) is 7.49. The van der Waals surface area contributed by atoms with E-state index in [1.165, 1.54) is 0 Å². The second-order valence-electron chi connectivity index (χ2n) is 5.93. The van der Waals surface area contributed by atoms with E-state index in [-0.39, 0.29) is 24.1 Å². The molecule has 1 aromatic rings. The predicted molar refractivity (Wildman–Crippen MR) is 99.9 cm³/mol. The number of nitrogens with zero attached hydrogens (tertiary/aromatic N) is 1. The number of carbonyl (C=O) groups excluding carboxylic acids is 2. The average Bonchev–Trinajstić information content (AvgIpc) is 2.57. The Bertz CT molecular complexity index is 557. The normalized spacial score (nSPS) is 11.9. The Kier molecular flexibility index (Phi) is 8.85. The molecule has 0 saturated carbocycles. The van der Waals surface area contributed by atoms with Crippen molar-refractivity contribution >= 4 is 24.4 Å². The molecule has 6 heteroatoms.